The number of hydrogen-bond acceptors (Lipinski definition) is 3. The van der Waals surface area contributed by atoms with Gasteiger partial charge in [0.15, 0.2) is 0 Å². The highest BCUT2D eigenvalue weighted by molar-refractivity contribution is 5.27. The molecule has 0 radical (unpaired) electrons. The van der Waals surface area contributed by atoms with Crippen LogP contribution in [-0.2, 0) is 13.0 Å². The second-order valence-electron chi connectivity index (χ2n) is 8.41. The number of nitrogens with one attached hydrogen (secondary N) is 2. The molecule has 0 aliphatic heterocycles. The van der Waals surface area contributed by atoms with E-state index in [1.54, 1.807) is 7.11 Å². The van der Waals surface area contributed by atoms with Crippen molar-refractivity contribution in [2.75, 3.05) is 20.2 Å². The smallest absolute Gasteiger partial charge is 0.118 e. The predicted octanol–water partition coefficient (Wildman–Crippen LogP) is 5.16. The molecule has 154 valence electrons. The number of methoxy groups -OCH3 is 1. The van der Waals surface area contributed by atoms with Crippen molar-refractivity contribution >= 4 is 0 Å². The van der Waals surface area contributed by atoms with E-state index in [2.05, 4.69) is 74.7 Å². The van der Waals surface area contributed by atoms with Crippen molar-refractivity contribution in [3.05, 3.63) is 65.2 Å². The van der Waals surface area contributed by atoms with Gasteiger partial charge in [0.1, 0.15) is 5.75 Å². The molecule has 0 spiro atoms. The molecule has 0 aliphatic carbocycles. The lowest BCUT2D eigenvalue weighted by molar-refractivity contribution is 0.397. The summed E-state index contributed by atoms with van der Waals surface area (Å²) in [5.74, 6) is 2.19. The molecule has 0 amide bonds. The van der Waals surface area contributed by atoms with Crippen LogP contribution in [0.4, 0.5) is 0 Å². The molecule has 2 rings (SSSR count). The van der Waals surface area contributed by atoms with Crippen molar-refractivity contribution < 1.29 is 4.74 Å². The van der Waals surface area contributed by atoms with Gasteiger partial charge in [-0.15, -0.1) is 0 Å². The number of rotatable bonds is 12. The zero-order valence-electron chi connectivity index (χ0n) is 18.3. The van der Waals surface area contributed by atoms with E-state index in [9.17, 15) is 0 Å². The lowest BCUT2D eigenvalue weighted by atomic mass is 10.0. The first-order chi connectivity index (χ1) is 13.5. The molecule has 2 aromatic carbocycles. The zero-order valence-corrected chi connectivity index (χ0v) is 18.3. The second kappa shape index (κ2) is 11.9. The van der Waals surface area contributed by atoms with E-state index in [-0.39, 0.29) is 0 Å². The Labute approximate surface area is 171 Å². The van der Waals surface area contributed by atoms with Gasteiger partial charge in [-0.25, -0.2) is 0 Å². The average Bonchev–Trinajstić information content (AvgIpc) is 2.69. The van der Waals surface area contributed by atoms with Crippen LogP contribution in [0.2, 0.25) is 0 Å². The third kappa shape index (κ3) is 8.04. The Morgan fingerprint density at radius 1 is 0.857 bits per heavy atom. The Balaban J connectivity index is 1.76. The molecular formula is C25H38N2O. The van der Waals surface area contributed by atoms with Crippen molar-refractivity contribution in [2.24, 2.45) is 5.92 Å². The number of ether oxygens (including phenoxy) is 1. The molecule has 0 fully saturated rings. The topological polar surface area (TPSA) is 33.3 Å². The third-order valence-corrected chi connectivity index (χ3v) is 5.14. The summed E-state index contributed by atoms with van der Waals surface area (Å²) in [6.45, 7) is 12.0. The summed E-state index contributed by atoms with van der Waals surface area (Å²) in [4.78, 5) is 0. The van der Waals surface area contributed by atoms with E-state index in [0.717, 1.165) is 31.8 Å². The molecular weight excluding hydrogens is 344 g/mol. The van der Waals surface area contributed by atoms with Crippen LogP contribution in [0.25, 0.3) is 0 Å². The molecule has 3 heteroatoms. The lowest BCUT2D eigenvalue weighted by Crippen LogP contribution is -2.39. The van der Waals surface area contributed by atoms with E-state index in [4.69, 9.17) is 4.74 Å². The molecule has 3 nitrogen and oxygen atoms in total. The Hall–Kier alpha value is -1.84. The first-order valence-electron chi connectivity index (χ1n) is 10.6. The summed E-state index contributed by atoms with van der Waals surface area (Å²) in [7, 11) is 1.71. The highest BCUT2D eigenvalue weighted by atomic mass is 16.5. The largest absolute Gasteiger partial charge is 0.497 e. The summed E-state index contributed by atoms with van der Waals surface area (Å²) < 4.78 is 5.22. The van der Waals surface area contributed by atoms with E-state index in [1.807, 2.05) is 12.1 Å². The minimum atomic E-state index is 0.487. The lowest BCUT2D eigenvalue weighted by Gasteiger charge is -2.21. The molecule has 0 heterocycles. The van der Waals surface area contributed by atoms with E-state index < -0.39 is 0 Å². The van der Waals surface area contributed by atoms with Crippen LogP contribution in [0.5, 0.6) is 5.75 Å². The van der Waals surface area contributed by atoms with Crippen molar-refractivity contribution in [1.82, 2.24) is 10.6 Å². The number of benzene rings is 2. The van der Waals surface area contributed by atoms with Crippen LogP contribution in [0.3, 0.4) is 0 Å². The molecule has 0 saturated carbocycles. The van der Waals surface area contributed by atoms with Crippen LogP contribution in [0, 0.1) is 5.92 Å². The highest BCUT2D eigenvalue weighted by Gasteiger charge is 2.10. The van der Waals surface area contributed by atoms with Gasteiger partial charge in [-0.1, -0.05) is 64.1 Å². The maximum absolute atomic E-state index is 5.22. The quantitative estimate of drug-likeness (QED) is 0.498. The van der Waals surface area contributed by atoms with Crippen molar-refractivity contribution in [3.63, 3.8) is 0 Å². The van der Waals surface area contributed by atoms with Gasteiger partial charge in [0, 0.05) is 19.1 Å². The summed E-state index contributed by atoms with van der Waals surface area (Å²) in [5, 5.41) is 7.39. The molecule has 0 aliphatic rings. The number of hydrogen-bond donors (Lipinski definition) is 2. The summed E-state index contributed by atoms with van der Waals surface area (Å²) in [6.07, 6.45) is 2.22. The van der Waals surface area contributed by atoms with Gasteiger partial charge in [-0.05, 0) is 60.0 Å². The fraction of sp³-hybridized carbons (Fsp3) is 0.520. The fourth-order valence-electron chi connectivity index (χ4n) is 3.39. The monoisotopic (exact) mass is 382 g/mol. The molecule has 2 aromatic rings. The van der Waals surface area contributed by atoms with Gasteiger partial charge in [-0.3, -0.25) is 0 Å². The standard InChI is InChI=1S/C25H38N2O/c1-19(2)16-24(27-17-22-6-10-23(11-7-22)20(3)4)18-26-15-14-21-8-12-25(28-5)13-9-21/h6-13,19-20,24,26-27H,14-18H2,1-5H3. The normalized spacial score (nSPS) is 12.5. The first-order valence-corrected chi connectivity index (χ1v) is 10.6. The molecule has 28 heavy (non-hydrogen) atoms. The van der Waals surface area contributed by atoms with Gasteiger partial charge in [0.25, 0.3) is 0 Å². The van der Waals surface area contributed by atoms with Crippen LogP contribution >= 0.6 is 0 Å². The van der Waals surface area contributed by atoms with E-state index in [0.29, 0.717) is 17.9 Å². The predicted molar refractivity (Wildman–Crippen MR) is 120 cm³/mol. The molecule has 0 aromatic heterocycles. The van der Waals surface area contributed by atoms with Gasteiger partial charge in [-0.2, -0.15) is 0 Å². The van der Waals surface area contributed by atoms with Crippen molar-refractivity contribution in [1.29, 1.82) is 0 Å². The Kier molecular flexibility index (Phi) is 9.52. The maximum Gasteiger partial charge on any atom is 0.118 e. The molecule has 0 saturated heterocycles. The average molecular weight is 383 g/mol. The third-order valence-electron chi connectivity index (χ3n) is 5.14. The van der Waals surface area contributed by atoms with Gasteiger partial charge < -0.3 is 15.4 Å². The van der Waals surface area contributed by atoms with Crippen LogP contribution in [0.1, 0.15) is 56.7 Å². The molecule has 1 atom stereocenters. The first kappa shape index (κ1) is 22.4. The minimum Gasteiger partial charge on any atom is -0.497 e. The Morgan fingerprint density at radius 2 is 1.50 bits per heavy atom. The van der Waals surface area contributed by atoms with Gasteiger partial charge >= 0.3 is 0 Å². The zero-order chi connectivity index (χ0) is 20.4. The molecule has 2 N–H and O–H groups in total. The Bertz CT molecular complexity index is 662. The maximum atomic E-state index is 5.22. The van der Waals surface area contributed by atoms with Crippen LogP contribution < -0.4 is 15.4 Å². The van der Waals surface area contributed by atoms with Crippen molar-refractivity contribution in [3.8, 4) is 5.75 Å². The van der Waals surface area contributed by atoms with Gasteiger partial charge in [0.2, 0.25) is 0 Å². The SMILES string of the molecule is COc1ccc(CCNCC(CC(C)C)NCc2ccc(C(C)C)cc2)cc1. The van der Waals surface area contributed by atoms with Gasteiger partial charge in [0.05, 0.1) is 7.11 Å². The summed E-state index contributed by atoms with van der Waals surface area (Å²) >= 11 is 0. The van der Waals surface area contributed by atoms with Crippen LogP contribution in [0.15, 0.2) is 48.5 Å². The molecule has 0 bridgehead atoms. The second-order valence-corrected chi connectivity index (χ2v) is 8.41. The van der Waals surface area contributed by atoms with Crippen LogP contribution in [-0.4, -0.2) is 26.2 Å². The molecule has 1 unspecified atom stereocenters. The van der Waals surface area contributed by atoms with Crippen molar-refractivity contribution in [2.45, 2.75) is 59.0 Å². The summed E-state index contributed by atoms with van der Waals surface area (Å²) in [5.41, 5.74) is 4.10. The Morgan fingerprint density at radius 3 is 2.07 bits per heavy atom. The fourth-order valence-corrected chi connectivity index (χ4v) is 3.39. The summed E-state index contributed by atoms with van der Waals surface area (Å²) in [6, 6.07) is 17.9. The highest BCUT2D eigenvalue weighted by Crippen LogP contribution is 2.15. The minimum absolute atomic E-state index is 0.487. The van der Waals surface area contributed by atoms with E-state index >= 15 is 0 Å². The van der Waals surface area contributed by atoms with E-state index in [1.165, 1.54) is 23.1 Å².